The van der Waals surface area contributed by atoms with Gasteiger partial charge in [-0.15, -0.1) is 0 Å². The van der Waals surface area contributed by atoms with E-state index >= 15 is 0 Å². The summed E-state index contributed by atoms with van der Waals surface area (Å²) >= 11 is 5.96. The van der Waals surface area contributed by atoms with E-state index in [0.717, 1.165) is 12.8 Å². The summed E-state index contributed by atoms with van der Waals surface area (Å²) in [4.78, 5) is 25.9. The van der Waals surface area contributed by atoms with E-state index < -0.39 is 0 Å². The quantitative estimate of drug-likeness (QED) is 0.930. The molecule has 21 heavy (non-hydrogen) atoms. The van der Waals surface area contributed by atoms with Gasteiger partial charge in [0.25, 0.3) is 5.91 Å². The van der Waals surface area contributed by atoms with Gasteiger partial charge < -0.3 is 10.2 Å². The summed E-state index contributed by atoms with van der Waals surface area (Å²) in [6.45, 7) is 0.0110. The maximum atomic E-state index is 12.1. The van der Waals surface area contributed by atoms with Crippen molar-refractivity contribution in [3.05, 3.63) is 34.9 Å². The van der Waals surface area contributed by atoms with Crippen LogP contribution in [-0.2, 0) is 4.79 Å². The molecular formula is C16H21ClN2O2. The van der Waals surface area contributed by atoms with Crippen LogP contribution in [0, 0.1) is 0 Å². The Hall–Kier alpha value is -1.55. The lowest BCUT2D eigenvalue weighted by molar-refractivity contribution is -0.131. The molecule has 1 saturated carbocycles. The Morgan fingerprint density at radius 1 is 1.24 bits per heavy atom. The maximum absolute atomic E-state index is 12.1. The fraction of sp³-hybridized carbons (Fsp3) is 0.500. The van der Waals surface area contributed by atoms with Crippen LogP contribution in [0.2, 0.25) is 5.02 Å². The molecule has 5 heteroatoms. The number of rotatable bonds is 4. The molecule has 2 amide bonds. The van der Waals surface area contributed by atoms with E-state index in [1.54, 1.807) is 29.2 Å². The van der Waals surface area contributed by atoms with Crippen molar-refractivity contribution < 1.29 is 9.59 Å². The van der Waals surface area contributed by atoms with Crippen molar-refractivity contribution in [3.63, 3.8) is 0 Å². The normalized spacial score (nSPS) is 15.5. The highest BCUT2D eigenvalue weighted by Crippen LogP contribution is 2.21. The van der Waals surface area contributed by atoms with Crippen LogP contribution in [0.4, 0.5) is 0 Å². The average Bonchev–Trinajstić information content (AvgIpc) is 2.52. The number of nitrogens with zero attached hydrogens (tertiary/aromatic N) is 1. The van der Waals surface area contributed by atoms with Crippen LogP contribution < -0.4 is 5.32 Å². The van der Waals surface area contributed by atoms with Crippen LogP contribution in [0.1, 0.15) is 42.5 Å². The third kappa shape index (κ3) is 4.21. The molecule has 114 valence electrons. The molecule has 0 unspecified atom stereocenters. The van der Waals surface area contributed by atoms with Gasteiger partial charge in [0.1, 0.15) is 0 Å². The Morgan fingerprint density at radius 3 is 2.57 bits per heavy atom. The molecule has 4 nitrogen and oxygen atoms in total. The zero-order chi connectivity index (χ0) is 15.2. The number of carbonyl (C=O) groups is 2. The lowest BCUT2D eigenvalue weighted by atomic mass is 9.94. The van der Waals surface area contributed by atoms with Crippen LogP contribution in [0.15, 0.2) is 24.3 Å². The summed E-state index contributed by atoms with van der Waals surface area (Å²) in [5.41, 5.74) is 0.396. The Morgan fingerprint density at radius 2 is 1.90 bits per heavy atom. The van der Waals surface area contributed by atoms with Gasteiger partial charge in [-0.25, -0.2) is 0 Å². The van der Waals surface area contributed by atoms with Gasteiger partial charge in [0.15, 0.2) is 0 Å². The summed E-state index contributed by atoms with van der Waals surface area (Å²) in [7, 11) is 1.82. The molecule has 1 aliphatic carbocycles. The average molecular weight is 309 g/mol. The summed E-state index contributed by atoms with van der Waals surface area (Å²) in [5.74, 6) is -0.367. The van der Waals surface area contributed by atoms with Crippen LogP contribution in [0.5, 0.6) is 0 Å². The number of amides is 2. The molecule has 0 atom stereocenters. The number of carbonyl (C=O) groups excluding carboxylic acids is 2. The molecule has 0 radical (unpaired) electrons. The molecule has 0 heterocycles. The third-order valence-electron chi connectivity index (χ3n) is 4.03. The van der Waals surface area contributed by atoms with E-state index in [1.165, 1.54) is 19.3 Å². The fourth-order valence-electron chi connectivity index (χ4n) is 2.69. The molecule has 0 spiro atoms. The monoisotopic (exact) mass is 308 g/mol. The largest absolute Gasteiger partial charge is 0.343 e. The number of nitrogens with one attached hydrogen (secondary N) is 1. The lowest BCUT2D eigenvalue weighted by Gasteiger charge is -2.31. The van der Waals surface area contributed by atoms with Crippen molar-refractivity contribution in [3.8, 4) is 0 Å². The van der Waals surface area contributed by atoms with E-state index in [9.17, 15) is 9.59 Å². The minimum atomic E-state index is -0.314. The third-order valence-corrected chi connectivity index (χ3v) is 4.36. The molecule has 0 aromatic heterocycles. The van der Waals surface area contributed by atoms with Gasteiger partial charge in [0, 0.05) is 13.1 Å². The van der Waals surface area contributed by atoms with Crippen molar-refractivity contribution in [1.82, 2.24) is 10.2 Å². The van der Waals surface area contributed by atoms with Crippen LogP contribution in [-0.4, -0.2) is 36.3 Å². The Kier molecular flexibility index (Phi) is 5.62. The van der Waals surface area contributed by atoms with Crippen LogP contribution in [0.25, 0.3) is 0 Å². The van der Waals surface area contributed by atoms with Crippen molar-refractivity contribution in [2.24, 2.45) is 0 Å². The van der Waals surface area contributed by atoms with Gasteiger partial charge in [-0.3, -0.25) is 9.59 Å². The van der Waals surface area contributed by atoms with Gasteiger partial charge in [0.2, 0.25) is 5.91 Å². The highest BCUT2D eigenvalue weighted by atomic mass is 35.5. The SMILES string of the molecule is CN(C(=O)CNC(=O)c1ccccc1Cl)C1CCCCC1. The Bertz CT molecular complexity index is 513. The van der Waals surface area contributed by atoms with Crippen molar-refractivity contribution in [1.29, 1.82) is 0 Å². The molecule has 1 N–H and O–H groups in total. The Labute approximate surface area is 130 Å². The molecule has 1 aliphatic rings. The van der Waals surface area contributed by atoms with Crippen molar-refractivity contribution in [2.45, 2.75) is 38.1 Å². The molecule has 2 rings (SSSR count). The minimum Gasteiger partial charge on any atom is -0.343 e. The van der Waals surface area contributed by atoms with E-state index in [4.69, 9.17) is 11.6 Å². The minimum absolute atomic E-state index is 0.0110. The van der Waals surface area contributed by atoms with E-state index in [1.807, 2.05) is 7.05 Å². The predicted octanol–water partition coefficient (Wildman–Crippen LogP) is 2.86. The fourth-order valence-corrected chi connectivity index (χ4v) is 2.91. The molecule has 0 saturated heterocycles. The number of halogens is 1. The smallest absolute Gasteiger partial charge is 0.253 e. The van der Waals surface area contributed by atoms with Crippen molar-refractivity contribution >= 4 is 23.4 Å². The topological polar surface area (TPSA) is 49.4 Å². The van der Waals surface area contributed by atoms with E-state index in [0.29, 0.717) is 16.6 Å². The van der Waals surface area contributed by atoms with Gasteiger partial charge >= 0.3 is 0 Å². The first-order valence-electron chi connectivity index (χ1n) is 7.38. The number of benzene rings is 1. The van der Waals surface area contributed by atoms with Gasteiger partial charge in [-0.1, -0.05) is 43.0 Å². The van der Waals surface area contributed by atoms with Crippen LogP contribution >= 0.6 is 11.6 Å². The first-order valence-corrected chi connectivity index (χ1v) is 7.76. The number of likely N-dealkylation sites (N-methyl/N-ethyl adjacent to an activating group) is 1. The second-order valence-corrected chi connectivity index (χ2v) is 5.87. The first kappa shape index (κ1) is 15.8. The standard InChI is InChI=1S/C16H21ClN2O2/c1-19(12-7-3-2-4-8-12)15(20)11-18-16(21)13-9-5-6-10-14(13)17/h5-6,9-10,12H,2-4,7-8,11H2,1H3,(H,18,21). The predicted molar refractivity (Wildman–Crippen MR) is 83.4 cm³/mol. The van der Waals surface area contributed by atoms with Gasteiger partial charge in [0.05, 0.1) is 17.1 Å². The second-order valence-electron chi connectivity index (χ2n) is 5.46. The lowest BCUT2D eigenvalue weighted by Crippen LogP contribution is -2.44. The molecule has 1 aromatic rings. The maximum Gasteiger partial charge on any atom is 0.253 e. The first-order chi connectivity index (χ1) is 10.1. The Balaban J connectivity index is 1.86. The molecule has 0 bridgehead atoms. The highest BCUT2D eigenvalue weighted by Gasteiger charge is 2.22. The van der Waals surface area contributed by atoms with Crippen molar-refractivity contribution in [2.75, 3.05) is 13.6 Å². The summed E-state index contributed by atoms with van der Waals surface area (Å²) < 4.78 is 0. The second kappa shape index (κ2) is 7.46. The van der Waals surface area contributed by atoms with E-state index in [2.05, 4.69) is 5.32 Å². The summed E-state index contributed by atoms with van der Waals surface area (Å²) in [5, 5.41) is 3.04. The van der Waals surface area contributed by atoms with Gasteiger partial charge in [-0.2, -0.15) is 0 Å². The summed E-state index contributed by atoms with van der Waals surface area (Å²) in [6.07, 6.45) is 5.71. The zero-order valence-electron chi connectivity index (χ0n) is 12.3. The molecule has 1 aromatic carbocycles. The number of hydrogen-bond acceptors (Lipinski definition) is 2. The number of hydrogen-bond donors (Lipinski definition) is 1. The molecule has 1 fully saturated rings. The zero-order valence-corrected chi connectivity index (χ0v) is 13.0. The summed E-state index contributed by atoms with van der Waals surface area (Å²) in [6, 6.07) is 7.13. The van der Waals surface area contributed by atoms with Crippen LogP contribution in [0.3, 0.4) is 0 Å². The molecular weight excluding hydrogens is 288 g/mol. The van der Waals surface area contributed by atoms with E-state index in [-0.39, 0.29) is 18.4 Å². The van der Waals surface area contributed by atoms with Gasteiger partial charge in [-0.05, 0) is 25.0 Å². The highest BCUT2D eigenvalue weighted by molar-refractivity contribution is 6.33. The molecule has 0 aliphatic heterocycles.